The van der Waals surface area contributed by atoms with Crippen LogP contribution in [0.25, 0.3) is 11.3 Å². The molecule has 3 N–H and O–H groups in total. The van der Waals surface area contributed by atoms with Crippen LogP contribution in [0.3, 0.4) is 0 Å². The van der Waals surface area contributed by atoms with Crippen molar-refractivity contribution in [3.63, 3.8) is 0 Å². The van der Waals surface area contributed by atoms with E-state index in [1.165, 1.54) is 12.1 Å². The van der Waals surface area contributed by atoms with E-state index in [1.54, 1.807) is 30.4 Å². The second-order valence-corrected chi connectivity index (χ2v) is 8.86. The van der Waals surface area contributed by atoms with E-state index in [0.717, 1.165) is 27.4 Å². The number of nitrogens with one attached hydrogen (secondary N) is 1. The van der Waals surface area contributed by atoms with Crippen molar-refractivity contribution in [3.05, 3.63) is 63.5 Å². The van der Waals surface area contributed by atoms with E-state index in [0.29, 0.717) is 11.3 Å². The number of sulfonamides is 1. The molecule has 3 aromatic rings. The van der Waals surface area contributed by atoms with Gasteiger partial charge in [0.1, 0.15) is 0 Å². The highest BCUT2D eigenvalue weighted by Gasteiger charge is 2.15. The summed E-state index contributed by atoms with van der Waals surface area (Å²) in [6.45, 7) is 5.52. The summed E-state index contributed by atoms with van der Waals surface area (Å²) >= 11 is 1.57. The molecule has 0 saturated carbocycles. The van der Waals surface area contributed by atoms with Gasteiger partial charge in [0.15, 0.2) is 0 Å². The second-order valence-electron chi connectivity index (χ2n) is 6.24. The summed E-state index contributed by atoms with van der Waals surface area (Å²) in [7, 11) is -3.86. The van der Waals surface area contributed by atoms with Gasteiger partial charge in [-0.3, -0.25) is 4.79 Å². The summed E-state index contributed by atoms with van der Waals surface area (Å²) in [4.78, 5) is 17.0. The molecule has 27 heavy (non-hydrogen) atoms. The predicted octanol–water partition coefficient (Wildman–Crippen LogP) is 3.64. The topological polar surface area (TPSA) is 102 Å². The van der Waals surface area contributed by atoms with Gasteiger partial charge in [0, 0.05) is 22.2 Å². The molecule has 1 amide bonds. The number of thiazole rings is 1. The fourth-order valence-electron chi connectivity index (χ4n) is 2.60. The van der Waals surface area contributed by atoms with Gasteiger partial charge < -0.3 is 5.32 Å². The van der Waals surface area contributed by atoms with Gasteiger partial charge in [-0.05, 0) is 56.2 Å². The lowest BCUT2D eigenvalue weighted by molar-refractivity contribution is 0.102. The number of rotatable bonds is 4. The van der Waals surface area contributed by atoms with Crippen LogP contribution in [0.1, 0.15) is 26.5 Å². The highest BCUT2D eigenvalue weighted by molar-refractivity contribution is 7.89. The minimum atomic E-state index is -3.86. The van der Waals surface area contributed by atoms with Gasteiger partial charge >= 0.3 is 0 Å². The van der Waals surface area contributed by atoms with Gasteiger partial charge in [0.2, 0.25) is 10.0 Å². The first-order valence-corrected chi connectivity index (χ1v) is 10.6. The van der Waals surface area contributed by atoms with Crippen LogP contribution in [0.4, 0.5) is 5.69 Å². The Labute approximate surface area is 162 Å². The Morgan fingerprint density at radius 2 is 1.78 bits per heavy atom. The van der Waals surface area contributed by atoms with Crippen molar-refractivity contribution < 1.29 is 13.2 Å². The number of nitrogens with zero attached hydrogens (tertiary/aromatic N) is 1. The van der Waals surface area contributed by atoms with E-state index in [-0.39, 0.29) is 10.8 Å². The average Bonchev–Trinajstić information content (AvgIpc) is 3.04. The molecule has 8 heteroatoms. The lowest BCUT2D eigenvalue weighted by Gasteiger charge is -2.13. The molecule has 1 aromatic heterocycles. The van der Waals surface area contributed by atoms with E-state index in [2.05, 4.69) is 10.3 Å². The maximum Gasteiger partial charge on any atom is 0.255 e. The fourth-order valence-corrected chi connectivity index (χ4v) is 3.85. The van der Waals surface area contributed by atoms with E-state index in [4.69, 9.17) is 5.14 Å². The average molecular weight is 402 g/mol. The zero-order valence-corrected chi connectivity index (χ0v) is 16.7. The largest absolute Gasteiger partial charge is 0.322 e. The molecule has 0 unspecified atom stereocenters. The van der Waals surface area contributed by atoms with E-state index < -0.39 is 10.0 Å². The molecule has 6 nitrogen and oxygen atoms in total. The minimum Gasteiger partial charge on any atom is -0.322 e. The van der Waals surface area contributed by atoms with E-state index in [1.807, 2.05) is 31.4 Å². The normalized spacial score (nSPS) is 11.4. The Morgan fingerprint density at radius 3 is 2.33 bits per heavy atom. The smallest absolute Gasteiger partial charge is 0.255 e. The first-order chi connectivity index (χ1) is 12.6. The first-order valence-electron chi connectivity index (χ1n) is 8.13. The van der Waals surface area contributed by atoms with Crippen molar-refractivity contribution in [1.82, 2.24) is 4.98 Å². The van der Waals surface area contributed by atoms with Crippen LogP contribution in [0.2, 0.25) is 0 Å². The third kappa shape index (κ3) is 4.24. The lowest BCUT2D eigenvalue weighted by atomic mass is 10.1. The summed E-state index contributed by atoms with van der Waals surface area (Å²) in [6.07, 6.45) is 0. The van der Waals surface area contributed by atoms with E-state index in [9.17, 15) is 13.2 Å². The highest BCUT2D eigenvalue weighted by Crippen LogP contribution is 2.25. The molecule has 0 atom stereocenters. The fraction of sp³-hybridized carbons (Fsp3) is 0.158. The van der Waals surface area contributed by atoms with Gasteiger partial charge in [0.25, 0.3) is 5.91 Å². The molecule has 2 aromatic carbocycles. The van der Waals surface area contributed by atoms with Crippen LogP contribution < -0.4 is 10.5 Å². The number of aromatic nitrogens is 1. The summed E-state index contributed by atoms with van der Waals surface area (Å²) in [5, 5.41) is 10.9. The van der Waals surface area contributed by atoms with Crippen LogP contribution in [0.15, 0.2) is 46.7 Å². The number of nitrogens with two attached hydrogens (primary N) is 1. The number of carbonyl (C=O) groups excluding carboxylic acids is 1. The molecule has 0 spiro atoms. The van der Waals surface area contributed by atoms with Gasteiger partial charge in [-0.25, -0.2) is 18.5 Å². The standard InChI is InChI=1S/C19H19N3O3S2/c1-11-8-16(27(20,24)25)9-17(12(11)2)22-19(23)15-6-4-14(5-7-15)18-10-26-13(3)21-18/h4-10H,1-3H3,(H,22,23)(H2,20,24,25). The Balaban J connectivity index is 1.86. The van der Waals surface area contributed by atoms with Gasteiger partial charge in [0.05, 0.1) is 15.6 Å². The van der Waals surface area contributed by atoms with Crippen molar-refractivity contribution in [2.75, 3.05) is 5.32 Å². The third-order valence-corrected chi connectivity index (χ3v) is 5.95. The zero-order valence-electron chi connectivity index (χ0n) is 15.1. The Kier molecular flexibility index (Phi) is 5.14. The molecule has 0 radical (unpaired) electrons. The van der Waals surface area contributed by atoms with Gasteiger partial charge in [-0.2, -0.15) is 0 Å². The molecule has 140 valence electrons. The maximum absolute atomic E-state index is 12.6. The third-order valence-electron chi connectivity index (χ3n) is 4.28. The summed E-state index contributed by atoms with van der Waals surface area (Å²) in [5.41, 5.74) is 4.19. The molecule has 1 heterocycles. The van der Waals surface area contributed by atoms with Crippen molar-refractivity contribution in [2.45, 2.75) is 25.7 Å². The molecule has 0 aliphatic rings. The van der Waals surface area contributed by atoms with Gasteiger partial charge in [-0.15, -0.1) is 11.3 Å². The van der Waals surface area contributed by atoms with Crippen LogP contribution in [0.5, 0.6) is 0 Å². The van der Waals surface area contributed by atoms with Crippen LogP contribution >= 0.6 is 11.3 Å². The Morgan fingerprint density at radius 1 is 1.11 bits per heavy atom. The van der Waals surface area contributed by atoms with Crippen molar-refractivity contribution in [3.8, 4) is 11.3 Å². The number of aryl methyl sites for hydroxylation is 2. The van der Waals surface area contributed by atoms with Crippen molar-refractivity contribution in [1.29, 1.82) is 0 Å². The summed E-state index contributed by atoms with van der Waals surface area (Å²) < 4.78 is 23.3. The first kappa shape index (κ1) is 19.2. The predicted molar refractivity (Wildman–Crippen MR) is 108 cm³/mol. The lowest BCUT2D eigenvalue weighted by Crippen LogP contribution is -2.16. The molecule has 0 aliphatic carbocycles. The second kappa shape index (κ2) is 7.22. The van der Waals surface area contributed by atoms with Crippen LogP contribution in [0, 0.1) is 20.8 Å². The number of anilines is 1. The molecule has 0 saturated heterocycles. The molecule has 0 fully saturated rings. The number of amides is 1. The van der Waals surface area contributed by atoms with Crippen LogP contribution in [-0.2, 0) is 10.0 Å². The Hall–Kier alpha value is -2.55. The number of benzene rings is 2. The SMILES string of the molecule is Cc1nc(-c2ccc(C(=O)Nc3cc(S(N)(=O)=O)cc(C)c3C)cc2)cs1. The molecular weight excluding hydrogens is 382 g/mol. The Bertz CT molecular complexity index is 1120. The molecule has 3 rings (SSSR count). The van der Waals surface area contributed by atoms with Crippen LogP contribution in [-0.4, -0.2) is 19.3 Å². The number of primary sulfonamides is 1. The molecule has 0 bridgehead atoms. The summed E-state index contributed by atoms with van der Waals surface area (Å²) in [6, 6.07) is 9.97. The van der Waals surface area contributed by atoms with Crippen molar-refractivity contribution >= 4 is 33.0 Å². The zero-order chi connectivity index (χ0) is 19.8. The molecular formula is C19H19N3O3S2. The number of hydrogen-bond donors (Lipinski definition) is 2. The quantitative estimate of drug-likeness (QED) is 0.697. The number of hydrogen-bond acceptors (Lipinski definition) is 5. The minimum absolute atomic E-state index is 0.0323. The van der Waals surface area contributed by atoms with E-state index >= 15 is 0 Å². The number of carbonyl (C=O) groups is 1. The molecule has 0 aliphatic heterocycles. The summed E-state index contributed by atoms with van der Waals surface area (Å²) in [5.74, 6) is -0.329. The van der Waals surface area contributed by atoms with Gasteiger partial charge in [-0.1, -0.05) is 12.1 Å². The highest BCUT2D eigenvalue weighted by atomic mass is 32.2. The van der Waals surface area contributed by atoms with Crippen molar-refractivity contribution in [2.24, 2.45) is 5.14 Å². The monoisotopic (exact) mass is 401 g/mol. The maximum atomic E-state index is 12.6.